The fraction of sp³-hybridized carbons (Fsp3) is 0.571. The van der Waals surface area contributed by atoms with Crippen molar-refractivity contribution in [2.75, 3.05) is 31.6 Å². The normalized spacial score (nSPS) is 27.5. The summed E-state index contributed by atoms with van der Waals surface area (Å²) in [5.74, 6) is -0.345. The van der Waals surface area contributed by atoms with Crippen LogP contribution in [0.4, 0.5) is 14.9 Å². The van der Waals surface area contributed by atoms with Gasteiger partial charge in [-0.15, -0.1) is 0 Å². The second-order valence-electron chi connectivity index (χ2n) is 8.66. The van der Waals surface area contributed by atoms with Crippen LogP contribution >= 0.6 is 0 Å². The van der Waals surface area contributed by atoms with Crippen LogP contribution in [0.2, 0.25) is 0 Å². The van der Waals surface area contributed by atoms with E-state index < -0.39 is 11.6 Å². The van der Waals surface area contributed by atoms with Crippen molar-refractivity contribution >= 4 is 23.5 Å². The van der Waals surface area contributed by atoms with Crippen molar-refractivity contribution in [2.24, 2.45) is 5.92 Å². The van der Waals surface area contributed by atoms with Gasteiger partial charge in [-0.1, -0.05) is 0 Å². The fourth-order valence-electron chi connectivity index (χ4n) is 5.21. The number of benzene rings is 1. The predicted molar refractivity (Wildman–Crippen MR) is 106 cm³/mol. The third-order valence-electron chi connectivity index (χ3n) is 6.93. The van der Waals surface area contributed by atoms with Crippen LogP contribution in [0.1, 0.15) is 31.2 Å². The number of imide groups is 1. The van der Waals surface area contributed by atoms with E-state index in [1.54, 1.807) is 6.07 Å². The van der Waals surface area contributed by atoms with Crippen LogP contribution < -0.4 is 20.3 Å². The maximum Gasteiger partial charge on any atom is 0.322 e. The van der Waals surface area contributed by atoms with Crippen LogP contribution in [-0.2, 0) is 16.0 Å². The quantitative estimate of drug-likeness (QED) is 0.704. The number of nitrogens with zero attached hydrogens (tertiary/aromatic N) is 2. The molecule has 160 valence electrons. The van der Waals surface area contributed by atoms with Gasteiger partial charge >= 0.3 is 6.03 Å². The van der Waals surface area contributed by atoms with Gasteiger partial charge in [0.1, 0.15) is 5.54 Å². The molecule has 30 heavy (non-hydrogen) atoms. The molecular weight excluding hydrogens is 391 g/mol. The van der Waals surface area contributed by atoms with E-state index in [0.717, 1.165) is 24.1 Å². The number of anilines is 1. The Hall–Kier alpha value is -2.84. The Kier molecular flexibility index (Phi) is 4.37. The number of carbonyl (C=O) groups excluding carboxylic acids is 3. The van der Waals surface area contributed by atoms with Crippen LogP contribution in [0.5, 0.6) is 5.75 Å². The summed E-state index contributed by atoms with van der Waals surface area (Å²) in [7, 11) is 1.45. The molecule has 4 aliphatic rings. The molecule has 3 fully saturated rings. The molecule has 4 amide bonds. The molecule has 2 saturated heterocycles. The number of rotatable bonds is 5. The van der Waals surface area contributed by atoms with Gasteiger partial charge in [-0.05, 0) is 43.2 Å². The zero-order valence-corrected chi connectivity index (χ0v) is 16.9. The summed E-state index contributed by atoms with van der Waals surface area (Å²) < 4.78 is 19.2. The molecule has 3 aliphatic heterocycles. The number of nitrogens with one attached hydrogen (secondary N) is 2. The molecule has 1 unspecified atom stereocenters. The molecule has 2 N–H and O–H groups in total. The number of fused-ring (bicyclic) bond motifs is 3. The maximum atomic E-state index is 14.1. The highest BCUT2D eigenvalue weighted by atomic mass is 19.1. The predicted octanol–water partition coefficient (Wildman–Crippen LogP) is 1.18. The van der Waals surface area contributed by atoms with Crippen molar-refractivity contribution in [1.29, 1.82) is 0 Å². The molecule has 2 atom stereocenters. The van der Waals surface area contributed by atoms with E-state index in [1.807, 2.05) is 4.90 Å². The molecule has 9 heteroatoms. The molecule has 0 spiro atoms. The van der Waals surface area contributed by atoms with Gasteiger partial charge in [-0.25, -0.2) is 9.18 Å². The van der Waals surface area contributed by atoms with Crippen molar-refractivity contribution in [3.63, 3.8) is 0 Å². The standard InChI is InChI=1S/C21H25FN4O4/c1-30-17-10-16-12(9-15(17)22)8-14-11-25(6-7-26(14)16)18(27)4-5-21(13-2-3-13)19(28)23-20(29)24-21/h9-10,13-14H,2-8,11H2,1H3,(H2,23,24,28,29)/t14?,21-/m0/s1. The van der Waals surface area contributed by atoms with E-state index in [0.29, 0.717) is 32.5 Å². The van der Waals surface area contributed by atoms with Crippen LogP contribution in [0.15, 0.2) is 12.1 Å². The molecule has 1 aromatic rings. The van der Waals surface area contributed by atoms with E-state index in [1.165, 1.54) is 13.2 Å². The average molecular weight is 416 g/mol. The second kappa shape index (κ2) is 6.85. The number of hydrogen-bond donors (Lipinski definition) is 2. The second-order valence-corrected chi connectivity index (χ2v) is 8.66. The van der Waals surface area contributed by atoms with Crippen LogP contribution in [0.3, 0.4) is 0 Å². The van der Waals surface area contributed by atoms with E-state index in [-0.39, 0.29) is 41.8 Å². The van der Waals surface area contributed by atoms with Crippen molar-refractivity contribution < 1.29 is 23.5 Å². The van der Waals surface area contributed by atoms with Crippen LogP contribution in [0.25, 0.3) is 0 Å². The Balaban J connectivity index is 1.24. The minimum absolute atomic E-state index is 0.0108. The highest BCUT2D eigenvalue weighted by molar-refractivity contribution is 6.07. The third-order valence-corrected chi connectivity index (χ3v) is 6.93. The first-order chi connectivity index (χ1) is 14.4. The van der Waals surface area contributed by atoms with Crippen molar-refractivity contribution in [3.8, 4) is 5.75 Å². The lowest BCUT2D eigenvalue weighted by Gasteiger charge is -2.39. The Morgan fingerprint density at radius 3 is 2.77 bits per heavy atom. The Morgan fingerprint density at radius 1 is 1.30 bits per heavy atom. The summed E-state index contributed by atoms with van der Waals surface area (Å²) >= 11 is 0. The molecule has 1 aliphatic carbocycles. The molecule has 1 aromatic carbocycles. The van der Waals surface area contributed by atoms with Crippen LogP contribution in [0, 0.1) is 11.7 Å². The summed E-state index contributed by atoms with van der Waals surface area (Å²) in [4.78, 5) is 41.0. The van der Waals surface area contributed by atoms with Gasteiger partial charge in [-0.3, -0.25) is 14.9 Å². The lowest BCUT2D eigenvalue weighted by Crippen LogP contribution is -2.54. The molecule has 1 saturated carbocycles. The molecular formula is C21H25FN4O4. The fourth-order valence-corrected chi connectivity index (χ4v) is 5.21. The van der Waals surface area contributed by atoms with E-state index >= 15 is 0 Å². The smallest absolute Gasteiger partial charge is 0.322 e. The Morgan fingerprint density at radius 2 is 2.10 bits per heavy atom. The largest absolute Gasteiger partial charge is 0.494 e. The summed E-state index contributed by atoms with van der Waals surface area (Å²) in [5.41, 5.74) is 0.973. The maximum absolute atomic E-state index is 14.1. The van der Waals surface area contributed by atoms with E-state index in [2.05, 4.69) is 15.5 Å². The van der Waals surface area contributed by atoms with Crippen molar-refractivity contribution in [3.05, 3.63) is 23.5 Å². The molecule has 0 aromatic heterocycles. The zero-order chi connectivity index (χ0) is 21.0. The molecule has 3 heterocycles. The monoisotopic (exact) mass is 416 g/mol. The highest BCUT2D eigenvalue weighted by Crippen LogP contribution is 2.44. The molecule has 5 rings (SSSR count). The number of piperazine rings is 1. The van der Waals surface area contributed by atoms with Crippen molar-refractivity contribution in [1.82, 2.24) is 15.5 Å². The topological polar surface area (TPSA) is 91.0 Å². The summed E-state index contributed by atoms with van der Waals surface area (Å²) in [5, 5.41) is 5.10. The zero-order valence-electron chi connectivity index (χ0n) is 16.9. The minimum atomic E-state index is -0.938. The van der Waals surface area contributed by atoms with Crippen molar-refractivity contribution in [2.45, 2.75) is 43.7 Å². The minimum Gasteiger partial charge on any atom is -0.494 e. The number of halogens is 1. The molecule has 8 nitrogen and oxygen atoms in total. The first-order valence-corrected chi connectivity index (χ1v) is 10.5. The van der Waals surface area contributed by atoms with Gasteiger partial charge in [0.15, 0.2) is 11.6 Å². The van der Waals surface area contributed by atoms with Gasteiger partial charge in [0.2, 0.25) is 5.91 Å². The van der Waals surface area contributed by atoms with Gasteiger partial charge in [-0.2, -0.15) is 0 Å². The number of urea groups is 1. The summed E-state index contributed by atoms with van der Waals surface area (Å²) in [6.07, 6.45) is 3.00. The van der Waals surface area contributed by atoms with Gasteiger partial charge in [0, 0.05) is 37.8 Å². The summed E-state index contributed by atoms with van der Waals surface area (Å²) in [6, 6.07) is 2.90. The van der Waals surface area contributed by atoms with E-state index in [9.17, 15) is 18.8 Å². The average Bonchev–Trinajstić information content (AvgIpc) is 3.45. The number of carbonyl (C=O) groups is 3. The lowest BCUT2D eigenvalue weighted by atomic mass is 9.87. The lowest BCUT2D eigenvalue weighted by molar-refractivity contribution is -0.133. The van der Waals surface area contributed by atoms with Gasteiger partial charge in [0.25, 0.3) is 5.91 Å². The number of methoxy groups -OCH3 is 1. The SMILES string of the molecule is COc1cc2c(cc1F)CC1CN(C(=O)CC[C@@]3(C4CC4)NC(=O)NC3=O)CCN21. The Bertz CT molecular complexity index is 934. The highest BCUT2D eigenvalue weighted by Gasteiger charge is 2.55. The third kappa shape index (κ3) is 2.98. The van der Waals surface area contributed by atoms with Gasteiger partial charge < -0.3 is 19.9 Å². The van der Waals surface area contributed by atoms with Crippen LogP contribution in [-0.4, -0.2) is 61.1 Å². The number of hydrogen-bond acceptors (Lipinski definition) is 5. The Labute approximate surface area is 173 Å². The first-order valence-electron chi connectivity index (χ1n) is 10.5. The molecule has 0 bridgehead atoms. The first kappa shape index (κ1) is 19.1. The van der Waals surface area contributed by atoms with E-state index in [4.69, 9.17) is 4.74 Å². The number of ether oxygens (including phenoxy) is 1. The summed E-state index contributed by atoms with van der Waals surface area (Å²) in [6.45, 7) is 1.80. The number of amides is 4. The van der Waals surface area contributed by atoms with Gasteiger partial charge in [0.05, 0.1) is 13.2 Å². The molecule has 0 radical (unpaired) electrons.